The molecule has 0 aliphatic heterocycles. The second kappa shape index (κ2) is 5.35. The third kappa shape index (κ3) is 3.65. The van der Waals surface area contributed by atoms with Crippen LogP contribution in [0.15, 0.2) is 42.5 Å². The summed E-state index contributed by atoms with van der Waals surface area (Å²) >= 11 is 0. The summed E-state index contributed by atoms with van der Waals surface area (Å²) in [6.45, 7) is 0. The van der Waals surface area contributed by atoms with Crippen molar-refractivity contribution in [2.45, 2.75) is 6.36 Å². The summed E-state index contributed by atoms with van der Waals surface area (Å²) in [5.74, 6) is -2.17. The first-order valence-corrected chi connectivity index (χ1v) is 5.69. The number of carboxylic acid groups (broad SMARTS) is 1. The van der Waals surface area contributed by atoms with Crippen molar-refractivity contribution in [3.63, 3.8) is 0 Å². The number of halogens is 3. The lowest BCUT2D eigenvalue weighted by Gasteiger charge is -2.10. The number of carboxylic acids is 1. The lowest BCUT2D eigenvalue weighted by molar-refractivity contribution is -0.274. The van der Waals surface area contributed by atoms with Gasteiger partial charge in [-0.3, -0.25) is 0 Å². The van der Waals surface area contributed by atoms with Crippen LogP contribution in [0.3, 0.4) is 0 Å². The van der Waals surface area contributed by atoms with Gasteiger partial charge >= 0.3 is 12.3 Å². The molecule has 0 spiro atoms. The van der Waals surface area contributed by atoms with Crippen molar-refractivity contribution in [3.05, 3.63) is 48.0 Å². The van der Waals surface area contributed by atoms with Gasteiger partial charge in [-0.25, -0.2) is 4.79 Å². The van der Waals surface area contributed by atoms with Crippen LogP contribution in [0.1, 0.15) is 10.4 Å². The number of hydrogen-bond acceptors (Lipinski definition) is 3. The molecule has 0 radical (unpaired) electrons. The summed E-state index contributed by atoms with van der Waals surface area (Å²) in [7, 11) is 0. The normalized spacial score (nSPS) is 11.2. The number of carbonyl (C=O) groups is 1. The molecule has 2 rings (SSSR count). The molecule has 2 aromatic carbocycles. The van der Waals surface area contributed by atoms with Gasteiger partial charge in [0.15, 0.2) is 0 Å². The maximum atomic E-state index is 12.2. The van der Waals surface area contributed by atoms with E-state index in [0.29, 0.717) is 11.1 Å². The van der Waals surface area contributed by atoms with Crippen LogP contribution in [0.2, 0.25) is 0 Å². The average molecular weight is 298 g/mol. The van der Waals surface area contributed by atoms with Gasteiger partial charge in [-0.1, -0.05) is 18.2 Å². The largest absolute Gasteiger partial charge is 0.573 e. The lowest BCUT2D eigenvalue weighted by Crippen LogP contribution is -2.17. The smallest absolute Gasteiger partial charge is 0.507 e. The maximum Gasteiger partial charge on any atom is 0.573 e. The van der Waals surface area contributed by atoms with Gasteiger partial charge in [-0.05, 0) is 35.4 Å². The van der Waals surface area contributed by atoms with Crippen molar-refractivity contribution in [2.75, 3.05) is 0 Å². The van der Waals surface area contributed by atoms with Gasteiger partial charge in [0.25, 0.3) is 0 Å². The minimum atomic E-state index is -4.81. The number of alkyl halides is 3. The SMILES string of the molecule is O=C(O)c1cc(-c2cccc(OC(F)(F)F)c2)ccc1O. The molecule has 2 N–H and O–H groups in total. The van der Waals surface area contributed by atoms with Gasteiger partial charge in [0.2, 0.25) is 0 Å². The van der Waals surface area contributed by atoms with Crippen molar-refractivity contribution in [1.29, 1.82) is 0 Å². The zero-order valence-electron chi connectivity index (χ0n) is 10.4. The van der Waals surface area contributed by atoms with E-state index in [1.54, 1.807) is 0 Å². The fourth-order valence-corrected chi connectivity index (χ4v) is 1.76. The first-order valence-electron chi connectivity index (χ1n) is 5.69. The molecule has 0 aliphatic carbocycles. The number of hydrogen-bond donors (Lipinski definition) is 2. The van der Waals surface area contributed by atoms with E-state index in [0.717, 1.165) is 18.2 Å². The Morgan fingerprint density at radius 3 is 2.33 bits per heavy atom. The van der Waals surface area contributed by atoms with E-state index in [2.05, 4.69) is 4.74 Å². The highest BCUT2D eigenvalue weighted by Gasteiger charge is 2.31. The molecule has 0 amide bonds. The molecule has 21 heavy (non-hydrogen) atoms. The molecule has 0 saturated heterocycles. The van der Waals surface area contributed by atoms with Crippen molar-refractivity contribution >= 4 is 5.97 Å². The molecule has 2 aromatic rings. The Bertz CT molecular complexity index is 680. The molecule has 0 aromatic heterocycles. The third-order valence-corrected chi connectivity index (χ3v) is 2.63. The lowest BCUT2D eigenvalue weighted by atomic mass is 10.0. The van der Waals surface area contributed by atoms with Crippen molar-refractivity contribution < 1.29 is 32.9 Å². The zero-order valence-corrected chi connectivity index (χ0v) is 10.4. The first kappa shape index (κ1) is 14.7. The summed E-state index contributed by atoms with van der Waals surface area (Å²) in [6, 6.07) is 8.85. The van der Waals surface area contributed by atoms with Crippen LogP contribution in [-0.4, -0.2) is 22.5 Å². The Balaban J connectivity index is 2.41. The van der Waals surface area contributed by atoms with Gasteiger partial charge < -0.3 is 14.9 Å². The van der Waals surface area contributed by atoms with Crippen LogP contribution in [0.5, 0.6) is 11.5 Å². The van der Waals surface area contributed by atoms with Gasteiger partial charge in [0.05, 0.1) is 0 Å². The summed E-state index contributed by atoms with van der Waals surface area (Å²) in [4.78, 5) is 10.9. The van der Waals surface area contributed by atoms with E-state index in [9.17, 15) is 23.1 Å². The standard InChI is InChI=1S/C14H9F3O4/c15-14(16,17)21-10-3-1-2-8(6-10)9-4-5-12(18)11(7-9)13(19)20/h1-7,18H,(H,19,20). The van der Waals surface area contributed by atoms with E-state index in [1.165, 1.54) is 24.3 Å². The van der Waals surface area contributed by atoms with Crippen LogP contribution in [-0.2, 0) is 0 Å². The molecule has 0 aliphatic rings. The molecule has 0 atom stereocenters. The second-order valence-corrected chi connectivity index (χ2v) is 4.11. The van der Waals surface area contributed by atoms with Crippen molar-refractivity contribution in [3.8, 4) is 22.6 Å². The fourth-order valence-electron chi connectivity index (χ4n) is 1.76. The highest BCUT2D eigenvalue weighted by Crippen LogP contribution is 2.30. The topological polar surface area (TPSA) is 66.8 Å². The van der Waals surface area contributed by atoms with Crippen LogP contribution < -0.4 is 4.74 Å². The predicted octanol–water partition coefficient (Wildman–Crippen LogP) is 3.66. The summed E-state index contributed by atoms with van der Waals surface area (Å²) < 4.78 is 40.3. The molecular formula is C14H9F3O4. The molecular weight excluding hydrogens is 289 g/mol. The second-order valence-electron chi connectivity index (χ2n) is 4.11. The zero-order chi connectivity index (χ0) is 15.6. The molecule has 0 unspecified atom stereocenters. The monoisotopic (exact) mass is 298 g/mol. The number of aromatic hydroxyl groups is 1. The number of phenols is 1. The quantitative estimate of drug-likeness (QED) is 0.907. The predicted molar refractivity (Wildman–Crippen MR) is 67.2 cm³/mol. The van der Waals surface area contributed by atoms with Gasteiger partial charge in [0.1, 0.15) is 17.1 Å². The molecule has 0 saturated carbocycles. The molecule has 0 heterocycles. The molecule has 0 fully saturated rings. The van der Waals surface area contributed by atoms with Crippen LogP contribution in [0.4, 0.5) is 13.2 Å². The third-order valence-electron chi connectivity index (χ3n) is 2.63. The summed E-state index contributed by atoms with van der Waals surface area (Å²) in [6.07, 6.45) is -4.81. The van der Waals surface area contributed by atoms with Crippen LogP contribution in [0.25, 0.3) is 11.1 Å². The molecule has 7 heteroatoms. The molecule has 4 nitrogen and oxygen atoms in total. The first-order chi connectivity index (χ1) is 9.76. The van der Waals surface area contributed by atoms with E-state index in [4.69, 9.17) is 5.11 Å². The van der Waals surface area contributed by atoms with E-state index < -0.39 is 23.8 Å². The van der Waals surface area contributed by atoms with Crippen molar-refractivity contribution in [2.24, 2.45) is 0 Å². The van der Waals surface area contributed by atoms with Gasteiger partial charge in [0, 0.05) is 0 Å². The minimum absolute atomic E-state index is 0.333. The van der Waals surface area contributed by atoms with E-state index >= 15 is 0 Å². The summed E-state index contributed by atoms with van der Waals surface area (Å²) in [5, 5.41) is 18.3. The van der Waals surface area contributed by atoms with Gasteiger partial charge in [-0.2, -0.15) is 0 Å². The Morgan fingerprint density at radius 2 is 1.71 bits per heavy atom. The van der Waals surface area contributed by atoms with Crippen LogP contribution in [0, 0.1) is 0 Å². The highest BCUT2D eigenvalue weighted by atomic mass is 19.4. The Hall–Kier alpha value is -2.70. The van der Waals surface area contributed by atoms with Gasteiger partial charge in [-0.15, -0.1) is 13.2 Å². The van der Waals surface area contributed by atoms with Crippen molar-refractivity contribution in [1.82, 2.24) is 0 Å². The Morgan fingerprint density at radius 1 is 1.05 bits per heavy atom. The molecule has 0 bridgehead atoms. The number of aromatic carboxylic acids is 1. The fraction of sp³-hybridized carbons (Fsp3) is 0.0714. The van der Waals surface area contributed by atoms with E-state index in [1.807, 2.05) is 0 Å². The number of benzene rings is 2. The summed E-state index contributed by atoms with van der Waals surface area (Å²) in [5.41, 5.74) is 0.340. The average Bonchev–Trinajstić information content (AvgIpc) is 2.37. The van der Waals surface area contributed by atoms with E-state index in [-0.39, 0.29) is 5.56 Å². The highest BCUT2D eigenvalue weighted by molar-refractivity contribution is 5.92. The van der Waals surface area contributed by atoms with Crippen LogP contribution >= 0.6 is 0 Å². The Kier molecular flexibility index (Phi) is 3.75. The Labute approximate surface area is 117 Å². The minimum Gasteiger partial charge on any atom is -0.507 e. The number of rotatable bonds is 3. The molecule has 110 valence electrons. The number of ether oxygens (including phenoxy) is 1. The maximum absolute atomic E-state index is 12.2.